The van der Waals surface area contributed by atoms with Crippen molar-refractivity contribution in [3.63, 3.8) is 0 Å². The smallest absolute Gasteiger partial charge is 0.136 e. The summed E-state index contributed by atoms with van der Waals surface area (Å²) < 4.78 is 9.27. The number of rotatable bonds is 5. The summed E-state index contributed by atoms with van der Waals surface area (Å²) in [5.74, 6) is 3.71. The molecule has 3 unspecified atom stereocenters. The Balaban J connectivity index is 0.903. The van der Waals surface area contributed by atoms with Crippen LogP contribution >= 0.6 is 0 Å². The topological polar surface area (TPSA) is 39.9 Å². The van der Waals surface area contributed by atoms with E-state index in [9.17, 15) is 0 Å². The van der Waals surface area contributed by atoms with E-state index in [4.69, 9.17) is 14.7 Å². The van der Waals surface area contributed by atoms with Crippen molar-refractivity contribution >= 4 is 39.0 Å². The Morgan fingerprint density at radius 2 is 1.56 bits per heavy atom. The SMILES string of the molecule is C1=CCCC(c2nc(C3C=CC=C(C4=CC=CC(n5c6c(c7cc(C8=C9OC%10=C(C=CCC%10)C9CC=C8)ccc75)C=CCC6)C4)C3)nc3ccccc23)=C1. The van der Waals surface area contributed by atoms with Gasteiger partial charge in [0.1, 0.15) is 17.3 Å². The summed E-state index contributed by atoms with van der Waals surface area (Å²) in [6, 6.07) is 15.9. The van der Waals surface area contributed by atoms with Gasteiger partial charge < -0.3 is 9.30 Å². The van der Waals surface area contributed by atoms with Gasteiger partial charge in [-0.1, -0.05) is 115 Å². The van der Waals surface area contributed by atoms with Gasteiger partial charge in [-0.05, 0) is 91.8 Å². The van der Waals surface area contributed by atoms with Crippen LogP contribution in [-0.4, -0.2) is 14.5 Å². The van der Waals surface area contributed by atoms with E-state index in [1.54, 1.807) is 0 Å². The van der Waals surface area contributed by atoms with Crippen LogP contribution in [0.5, 0.6) is 0 Å². The van der Waals surface area contributed by atoms with Crippen LogP contribution in [0.4, 0.5) is 0 Å². The van der Waals surface area contributed by atoms with Crippen molar-refractivity contribution in [3.05, 3.63) is 184 Å². The zero-order chi connectivity index (χ0) is 35.6. The number of para-hydroxylation sites is 1. The summed E-state index contributed by atoms with van der Waals surface area (Å²) in [6.07, 6.45) is 43.6. The van der Waals surface area contributed by atoms with Crippen LogP contribution in [0.15, 0.2) is 156 Å². The van der Waals surface area contributed by atoms with Gasteiger partial charge in [-0.15, -0.1) is 0 Å². The lowest BCUT2D eigenvalue weighted by Crippen LogP contribution is -2.15. The highest BCUT2D eigenvalue weighted by Gasteiger charge is 2.35. The highest BCUT2D eigenvalue weighted by Crippen LogP contribution is 2.48. The fourth-order valence-corrected chi connectivity index (χ4v) is 9.82. The Hall–Kier alpha value is -5.74. The van der Waals surface area contributed by atoms with Gasteiger partial charge >= 0.3 is 0 Å². The van der Waals surface area contributed by atoms with Crippen LogP contribution in [0.25, 0.3) is 39.0 Å². The first kappa shape index (κ1) is 31.8. The molecular weight excluding hydrogens is 659 g/mol. The average Bonchev–Trinajstić information content (AvgIpc) is 3.79. The lowest BCUT2D eigenvalue weighted by Gasteiger charge is -2.27. The average molecular weight is 702 g/mol. The molecule has 7 aliphatic rings. The maximum Gasteiger partial charge on any atom is 0.136 e. The molecule has 264 valence electrons. The fourth-order valence-electron chi connectivity index (χ4n) is 9.82. The molecule has 0 amide bonds. The van der Waals surface area contributed by atoms with Crippen LogP contribution in [-0.2, 0) is 11.2 Å². The van der Waals surface area contributed by atoms with Gasteiger partial charge in [0.2, 0.25) is 0 Å². The maximum atomic E-state index is 6.62. The van der Waals surface area contributed by atoms with Gasteiger partial charge in [0, 0.05) is 56.9 Å². The van der Waals surface area contributed by atoms with E-state index in [-0.39, 0.29) is 12.0 Å². The number of allylic oxidation sites excluding steroid dienone is 20. The molecule has 2 aromatic carbocycles. The Bertz CT molecular complexity index is 2620. The highest BCUT2D eigenvalue weighted by atomic mass is 16.5. The molecule has 6 aliphatic carbocycles. The van der Waals surface area contributed by atoms with Crippen molar-refractivity contribution in [2.45, 2.75) is 69.7 Å². The minimum atomic E-state index is 0.131. The van der Waals surface area contributed by atoms with Crippen molar-refractivity contribution in [1.29, 1.82) is 0 Å². The zero-order valence-electron chi connectivity index (χ0n) is 30.5. The van der Waals surface area contributed by atoms with Crippen molar-refractivity contribution in [1.82, 2.24) is 14.5 Å². The second-order valence-electron chi connectivity index (χ2n) is 15.6. The molecule has 0 saturated heterocycles. The van der Waals surface area contributed by atoms with Gasteiger partial charge in [-0.3, -0.25) is 0 Å². The summed E-state index contributed by atoms with van der Waals surface area (Å²) in [6.45, 7) is 0. The Morgan fingerprint density at radius 3 is 2.50 bits per heavy atom. The Labute approximate surface area is 317 Å². The van der Waals surface area contributed by atoms with Crippen molar-refractivity contribution in [2.75, 3.05) is 0 Å². The molecule has 54 heavy (non-hydrogen) atoms. The molecule has 1 aliphatic heterocycles. The molecule has 0 radical (unpaired) electrons. The van der Waals surface area contributed by atoms with Gasteiger partial charge in [0.25, 0.3) is 0 Å². The third-order valence-electron chi connectivity index (χ3n) is 12.5. The molecule has 0 bridgehead atoms. The standard InChI is InChI=1S/C50H43N3O/c1-2-13-32(14-3-1)48-42-21-4-7-24-44(42)51-50(52-48)36-17-10-15-33(29-36)34-16-11-18-37(30-34)53-45-25-8-5-19-39(45)43-31-35(27-28-46(43)53)38-22-12-23-41-40-20-6-9-26-47(40)54-49(38)41/h1-2,4-7,10-13,15-22,24,27-28,31,36-37,41H,3,8-9,14,23,25-26,29-30H2. The molecule has 2 aromatic heterocycles. The quantitative estimate of drug-likeness (QED) is 0.208. The maximum absolute atomic E-state index is 6.62. The van der Waals surface area contributed by atoms with Crippen molar-refractivity contribution in [2.24, 2.45) is 5.92 Å². The fraction of sp³-hybridized carbons (Fsp3) is 0.240. The molecule has 11 rings (SSSR count). The first-order valence-electron chi connectivity index (χ1n) is 20.0. The van der Waals surface area contributed by atoms with Crippen molar-refractivity contribution in [3.8, 4) is 0 Å². The Morgan fingerprint density at radius 1 is 0.704 bits per heavy atom. The summed E-state index contributed by atoms with van der Waals surface area (Å²) in [5.41, 5.74) is 14.2. The van der Waals surface area contributed by atoms with Crippen LogP contribution in [0, 0.1) is 5.92 Å². The van der Waals surface area contributed by atoms with E-state index < -0.39 is 0 Å². The summed E-state index contributed by atoms with van der Waals surface area (Å²) >= 11 is 0. The van der Waals surface area contributed by atoms with E-state index in [2.05, 4.69) is 138 Å². The van der Waals surface area contributed by atoms with Gasteiger partial charge in [-0.25, -0.2) is 9.97 Å². The molecule has 3 heterocycles. The third-order valence-corrected chi connectivity index (χ3v) is 12.5. The molecule has 0 spiro atoms. The molecule has 0 saturated carbocycles. The van der Waals surface area contributed by atoms with E-state index in [0.29, 0.717) is 5.92 Å². The molecule has 0 fully saturated rings. The lowest BCUT2D eigenvalue weighted by molar-refractivity contribution is 0.294. The number of hydrogen-bond acceptors (Lipinski definition) is 3. The number of hydrogen-bond donors (Lipinski definition) is 0. The predicted octanol–water partition coefficient (Wildman–Crippen LogP) is 12.3. The van der Waals surface area contributed by atoms with Crippen LogP contribution in [0.2, 0.25) is 0 Å². The third kappa shape index (κ3) is 5.26. The number of ether oxygens (including phenoxy) is 1. The summed E-state index contributed by atoms with van der Waals surface area (Å²) in [4.78, 5) is 10.4. The number of aromatic nitrogens is 3. The molecule has 0 N–H and O–H groups in total. The normalized spacial score (nSPS) is 24.1. The van der Waals surface area contributed by atoms with Gasteiger partial charge in [0.15, 0.2) is 0 Å². The second-order valence-corrected chi connectivity index (χ2v) is 15.6. The monoisotopic (exact) mass is 701 g/mol. The largest absolute Gasteiger partial charge is 0.464 e. The summed E-state index contributed by atoms with van der Waals surface area (Å²) in [5, 5.41) is 2.48. The van der Waals surface area contributed by atoms with Gasteiger partial charge in [0.05, 0.1) is 17.3 Å². The zero-order valence-corrected chi connectivity index (χ0v) is 30.5. The van der Waals surface area contributed by atoms with Crippen molar-refractivity contribution < 1.29 is 4.74 Å². The molecule has 4 nitrogen and oxygen atoms in total. The lowest BCUT2D eigenvalue weighted by atomic mass is 9.84. The number of benzene rings is 2. The minimum absolute atomic E-state index is 0.131. The van der Waals surface area contributed by atoms with E-state index in [1.807, 2.05) is 0 Å². The molecular formula is C50H43N3O. The van der Waals surface area contributed by atoms with Crippen LogP contribution in [0.1, 0.15) is 91.7 Å². The highest BCUT2D eigenvalue weighted by molar-refractivity contribution is 5.96. The molecule has 4 aromatic rings. The number of nitrogens with zero attached hydrogens (tertiary/aromatic N) is 3. The Kier molecular flexibility index (Phi) is 7.64. The first-order chi connectivity index (χ1) is 26.8. The van der Waals surface area contributed by atoms with E-state index in [0.717, 1.165) is 86.0 Å². The summed E-state index contributed by atoms with van der Waals surface area (Å²) in [7, 11) is 0. The van der Waals surface area contributed by atoms with Crippen LogP contribution < -0.4 is 0 Å². The van der Waals surface area contributed by atoms with E-state index in [1.165, 1.54) is 61.3 Å². The van der Waals surface area contributed by atoms with Crippen LogP contribution in [0.3, 0.4) is 0 Å². The number of fused-ring (bicyclic) bond motifs is 6. The van der Waals surface area contributed by atoms with Gasteiger partial charge in [-0.2, -0.15) is 0 Å². The minimum Gasteiger partial charge on any atom is -0.464 e. The molecule has 3 atom stereocenters. The van der Waals surface area contributed by atoms with E-state index >= 15 is 0 Å². The first-order valence-corrected chi connectivity index (χ1v) is 20.0. The molecule has 4 heteroatoms. The predicted molar refractivity (Wildman–Crippen MR) is 221 cm³/mol. The second kappa shape index (κ2) is 13.0.